The number of halogens is 1. The molecule has 0 saturated heterocycles. The SMILES string of the molecule is ClC(Cc1nc2ccccc2s1)c1ccoc1. The summed E-state index contributed by atoms with van der Waals surface area (Å²) in [5, 5.41) is 0.988. The first-order valence-corrected chi connectivity index (χ1v) is 6.59. The largest absolute Gasteiger partial charge is 0.472 e. The third-order valence-electron chi connectivity index (χ3n) is 2.60. The zero-order valence-electron chi connectivity index (χ0n) is 8.97. The number of benzene rings is 1. The van der Waals surface area contributed by atoms with E-state index in [-0.39, 0.29) is 5.38 Å². The molecule has 0 aliphatic carbocycles. The van der Waals surface area contributed by atoms with Gasteiger partial charge >= 0.3 is 0 Å². The van der Waals surface area contributed by atoms with Crippen LogP contribution in [0, 0.1) is 0 Å². The summed E-state index contributed by atoms with van der Waals surface area (Å²) in [7, 11) is 0. The van der Waals surface area contributed by atoms with Crippen molar-refractivity contribution in [2.24, 2.45) is 0 Å². The molecule has 86 valence electrons. The Balaban J connectivity index is 1.85. The van der Waals surface area contributed by atoms with Crippen molar-refractivity contribution in [3.05, 3.63) is 53.4 Å². The van der Waals surface area contributed by atoms with E-state index in [9.17, 15) is 0 Å². The standard InChI is InChI=1S/C13H10ClNOS/c14-10(9-5-6-16-8-9)7-13-15-11-3-1-2-4-12(11)17-13/h1-6,8,10H,7H2. The van der Waals surface area contributed by atoms with E-state index in [1.807, 2.05) is 24.3 Å². The fraction of sp³-hybridized carbons (Fsp3) is 0.154. The lowest BCUT2D eigenvalue weighted by Gasteiger charge is -2.02. The Morgan fingerprint density at radius 2 is 2.18 bits per heavy atom. The maximum Gasteiger partial charge on any atom is 0.0956 e. The first-order chi connectivity index (χ1) is 8.33. The van der Waals surface area contributed by atoms with Crippen LogP contribution in [0.1, 0.15) is 15.9 Å². The lowest BCUT2D eigenvalue weighted by molar-refractivity contribution is 0.563. The minimum Gasteiger partial charge on any atom is -0.472 e. The monoisotopic (exact) mass is 263 g/mol. The number of alkyl halides is 1. The zero-order chi connectivity index (χ0) is 11.7. The average molecular weight is 264 g/mol. The van der Waals surface area contributed by atoms with E-state index in [1.165, 1.54) is 4.70 Å². The number of thiazole rings is 1. The van der Waals surface area contributed by atoms with Crippen molar-refractivity contribution in [2.45, 2.75) is 11.8 Å². The summed E-state index contributed by atoms with van der Waals surface area (Å²) in [4.78, 5) is 4.57. The van der Waals surface area contributed by atoms with Crippen molar-refractivity contribution in [1.82, 2.24) is 4.98 Å². The van der Waals surface area contributed by atoms with Gasteiger partial charge in [-0.2, -0.15) is 0 Å². The summed E-state index contributed by atoms with van der Waals surface area (Å²) in [5.74, 6) is 0. The first-order valence-electron chi connectivity index (χ1n) is 5.33. The molecule has 0 spiro atoms. The highest BCUT2D eigenvalue weighted by molar-refractivity contribution is 7.18. The van der Waals surface area contributed by atoms with Gasteiger partial charge in [-0.3, -0.25) is 0 Å². The Hall–Kier alpha value is -1.32. The molecular weight excluding hydrogens is 254 g/mol. The Kier molecular flexibility index (Phi) is 2.87. The van der Waals surface area contributed by atoms with Crippen LogP contribution in [-0.4, -0.2) is 4.98 Å². The van der Waals surface area contributed by atoms with Gasteiger partial charge in [-0.15, -0.1) is 22.9 Å². The van der Waals surface area contributed by atoms with Crippen LogP contribution in [-0.2, 0) is 6.42 Å². The summed E-state index contributed by atoms with van der Waals surface area (Å²) < 4.78 is 6.24. The van der Waals surface area contributed by atoms with Gasteiger partial charge in [0.1, 0.15) is 0 Å². The topological polar surface area (TPSA) is 26.0 Å². The molecule has 1 unspecified atom stereocenters. The van der Waals surface area contributed by atoms with Crippen molar-refractivity contribution < 1.29 is 4.42 Å². The number of rotatable bonds is 3. The third kappa shape index (κ3) is 2.21. The quantitative estimate of drug-likeness (QED) is 0.654. The molecule has 17 heavy (non-hydrogen) atoms. The molecule has 0 aliphatic heterocycles. The number of fused-ring (bicyclic) bond motifs is 1. The molecule has 1 atom stereocenters. The van der Waals surface area contributed by atoms with Crippen LogP contribution in [0.2, 0.25) is 0 Å². The molecule has 2 aromatic heterocycles. The second-order valence-electron chi connectivity index (χ2n) is 3.80. The number of hydrogen-bond donors (Lipinski definition) is 0. The molecule has 1 aromatic carbocycles. The molecule has 0 aliphatic rings. The lowest BCUT2D eigenvalue weighted by atomic mass is 10.2. The Labute approximate surface area is 108 Å². The number of furan rings is 1. The molecule has 0 saturated carbocycles. The van der Waals surface area contributed by atoms with Gasteiger partial charge in [0, 0.05) is 12.0 Å². The van der Waals surface area contributed by atoms with Gasteiger partial charge in [0.25, 0.3) is 0 Å². The minimum absolute atomic E-state index is 0.0747. The highest BCUT2D eigenvalue weighted by Gasteiger charge is 2.13. The molecule has 0 fully saturated rings. The summed E-state index contributed by atoms with van der Waals surface area (Å²) >= 11 is 8.01. The molecule has 3 aromatic rings. The number of nitrogens with zero attached hydrogens (tertiary/aromatic N) is 1. The molecule has 0 bridgehead atoms. The van der Waals surface area contributed by atoms with Crippen molar-refractivity contribution in [1.29, 1.82) is 0 Å². The molecular formula is C13H10ClNOS. The zero-order valence-corrected chi connectivity index (χ0v) is 10.5. The Bertz CT molecular complexity index is 584. The van der Waals surface area contributed by atoms with Crippen LogP contribution in [0.15, 0.2) is 47.3 Å². The van der Waals surface area contributed by atoms with Crippen LogP contribution in [0.25, 0.3) is 10.2 Å². The van der Waals surface area contributed by atoms with E-state index in [1.54, 1.807) is 23.9 Å². The van der Waals surface area contributed by atoms with Gasteiger partial charge in [0.2, 0.25) is 0 Å². The van der Waals surface area contributed by atoms with E-state index >= 15 is 0 Å². The summed E-state index contributed by atoms with van der Waals surface area (Å²) in [5.41, 5.74) is 2.05. The molecule has 0 amide bonds. The molecule has 3 rings (SSSR count). The Morgan fingerprint density at radius 1 is 1.29 bits per heavy atom. The average Bonchev–Trinajstić information content (AvgIpc) is 2.97. The van der Waals surface area contributed by atoms with Crippen LogP contribution < -0.4 is 0 Å². The van der Waals surface area contributed by atoms with Crippen molar-refractivity contribution in [3.8, 4) is 0 Å². The minimum atomic E-state index is -0.0747. The van der Waals surface area contributed by atoms with E-state index in [0.29, 0.717) is 0 Å². The number of hydrogen-bond acceptors (Lipinski definition) is 3. The maximum atomic E-state index is 6.32. The predicted octanol–water partition coefficient (Wildman–Crippen LogP) is 4.41. The molecule has 2 nitrogen and oxygen atoms in total. The summed E-state index contributed by atoms with van der Waals surface area (Å²) in [6.45, 7) is 0. The van der Waals surface area contributed by atoms with Crippen LogP contribution >= 0.6 is 22.9 Å². The van der Waals surface area contributed by atoms with Crippen LogP contribution in [0.5, 0.6) is 0 Å². The van der Waals surface area contributed by atoms with Gasteiger partial charge in [-0.1, -0.05) is 12.1 Å². The summed E-state index contributed by atoms with van der Waals surface area (Å²) in [6, 6.07) is 10.0. The van der Waals surface area contributed by atoms with Gasteiger partial charge in [-0.05, 0) is 18.2 Å². The van der Waals surface area contributed by atoms with Gasteiger partial charge < -0.3 is 4.42 Å². The van der Waals surface area contributed by atoms with Crippen LogP contribution in [0.4, 0.5) is 0 Å². The van der Waals surface area contributed by atoms with Gasteiger partial charge in [0.05, 0.1) is 33.1 Å². The highest BCUT2D eigenvalue weighted by atomic mass is 35.5. The molecule has 2 heterocycles. The first kappa shape index (κ1) is 10.8. The highest BCUT2D eigenvalue weighted by Crippen LogP contribution is 2.29. The van der Waals surface area contributed by atoms with E-state index in [0.717, 1.165) is 22.5 Å². The molecule has 4 heteroatoms. The third-order valence-corrected chi connectivity index (χ3v) is 4.06. The maximum absolute atomic E-state index is 6.32. The van der Waals surface area contributed by atoms with E-state index in [4.69, 9.17) is 16.0 Å². The second-order valence-corrected chi connectivity index (χ2v) is 5.45. The predicted molar refractivity (Wildman–Crippen MR) is 70.6 cm³/mol. The van der Waals surface area contributed by atoms with E-state index < -0.39 is 0 Å². The van der Waals surface area contributed by atoms with Gasteiger partial charge in [0.15, 0.2) is 0 Å². The molecule has 0 radical (unpaired) electrons. The molecule has 0 N–H and O–H groups in total. The summed E-state index contributed by atoms with van der Waals surface area (Å²) in [6.07, 6.45) is 4.06. The number of para-hydroxylation sites is 1. The fourth-order valence-electron chi connectivity index (χ4n) is 1.73. The fourth-order valence-corrected chi connectivity index (χ4v) is 3.11. The van der Waals surface area contributed by atoms with Crippen molar-refractivity contribution in [2.75, 3.05) is 0 Å². The lowest BCUT2D eigenvalue weighted by Crippen LogP contribution is -1.93. The normalized spacial score (nSPS) is 13.0. The van der Waals surface area contributed by atoms with Crippen LogP contribution in [0.3, 0.4) is 0 Å². The second kappa shape index (κ2) is 4.51. The smallest absolute Gasteiger partial charge is 0.0956 e. The van der Waals surface area contributed by atoms with Gasteiger partial charge in [-0.25, -0.2) is 4.98 Å². The Morgan fingerprint density at radius 3 is 2.94 bits per heavy atom. The van der Waals surface area contributed by atoms with Crippen molar-refractivity contribution >= 4 is 33.2 Å². The van der Waals surface area contributed by atoms with Crippen molar-refractivity contribution in [3.63, 3.8) is 0 Å². The number of aromatic nitrogens is 1. The van der Waals surface area contributed by atoms with E-state index in [2.05, 4.69) is 11.1 Å².